The second kappa shape index (κ2) is 7.56. The summed E-state index contributed by atoms with van der Waals surface area (Å²) < 4.78 is 27.5. The molecule has 1 fully saturated rings. The number of nitrogens with one attached hydrogen (secondary N) is 1. The molecule has 3 aliphatic rings. The Kier molecular flexibility index (Phi) is 5.23. The van der Waals surface area contributed by atoms with Crippen molar-refractivity contribution >= 4 is 11.6 Å². The maximum Gasteiger partial charge on any atom is 0.325 e. The van der Waals surface area contributed by atoms with Gasteiger partial charge in [0, 0.05) is 11.6 Å². The van der Waals surface area contributed by atoms with E-state index >= 15 is 0 Å². The van der Waals surface area contributed by atoms with Crippen molar-refractivity contribution in [1.29, 1.82) is 0 Å². The number of hydroxylamine groups is 2. The number of halogens is 2. The van der Waals surface area contributed by atoms with Gasteiger partial charge in [0.15, 0.2) is 0 Å². The van der Waals surface area contributed by atoms with Gasteiger partial charge in [0.1, 0.15) is 11.8 Å². The second-order valence-corrected chi connectivity index (χ2v) is 9.00. The minimum absolute atomic E-state index is 0.0328. The van der Waals surface area contributed by atoms with E-state index in [1.165, 1.54) is 5.56 Å². The van der Waals surface area contributed by atoms with Crippen LogP contribution < -0.4 is 5.32 Å². The quantitative estimate of drug-likeness (QED) is 0.680. The van der Waals surface area contributed by atoms with Crippen molar-refractivity contribution in [3.63, 3.8) is 0 Å². The van der Waals surface area contributed by atoms with E-state index in [-0.39, 0.29) is 11.3 Å². The maximum absolute atomic E-state index is 13.8. The largest absolute Gasteiger partial charge is 0.404 e. The van der Waals surface area contributed by atoms with E-state index in [9.17, 15) is 13.6 Å². The SMILES string of the molecule is C[C@@H]1CC(C)(C)c2cccc(NC(=O)C3CCC4CC=CC=C4ON3C(F)F)c21. The highest BCUT2D eigenvalue weighted by atomic mass is 19.3. The van der Waals surface area contributed by atoms with Crippen molar-refractivity contribution in [2.45, 2.75) is 70.4 Å². The van der Waals surface area contributed by atoms with Crippen LogP contribution in [-0.2, 0) is 15.0 Å². The van der Waals surface area contributed by atoms with E-state index in [1.54, 1.807) is 6.08 Å². The number of alkyl halides is 2. The van der Waals surface area contributed by atoms with Gasteiger partial charge in [-0.2, -0.15) is 8.78 Å². The first-order valence-corrected chi connectivity index (χ1v) is 10.3. The van der Waals surface area contributed by atoms with Crippen LogP contribution >= 0.6 is 0 Å². The Balaban J connectivity index is 1.59. The van der Waals surface area contributed by atoms with Crippen molar-refractivity contribution in [3.8, 4) is 0 Å². The molecule has 1 aliphatic heterocycles. The summed E-state index contributed by atoms with van der Waals surface area (Å²) in [5.41, 5.74) is 3.09. The fourth-order valence-corrected chi connectivity index (χ4v) is 5.11. The average molecular weight is 402 g/mol. The van der Waals surface area contributed by atoms with Crippen molar-refractivity contribution < 1.29 is 18.4 Å². The van der Waals surface area contributed by atoms with Crippen LogP contribution in [0.2, 0.25) is 0 Å². The molecule has 1 amide bonds. The molecule has 1 aromatic carbocycles. The number of rotatable bonds is 3. The predicted octanol–water partition coefficient (Wildman–Crippen LogP) is 5.49. The number of carbonyl (C=O) groups is 1. The van der Waals surface area contributed by atoms with Crippen LogP contribution in [-0.4, -0.2) is 23.6 Å². The molecule has 1 saturated heterocycles. The van der Waals surface area contributed by atoms with Gasteiger partial charge in [-0.15, -0.1) is 0 Å². The first-order valence-electron chi connectivity index (χ1n) is 10.3. The zero-order chi connectivity index (χ0) is 20.8. The van der Waals surface area contributed by atoms with Crippen molar-refractivity contribution in [2.24, 2.45) is 5.92 Å². The van der Waals surface area contributed by atoms with Crippen LogP contribution in [0, 0.1) is 5.92 Å². The summed E-state index contributed by atoms with van der Waals surface area (Å²) >= 11 is 0. The number of fused-ring (bicyclic) bond motifs is 2. The first kappa shape index (κ1) is 20.1. The third-order valence-corrected chi connectivity index (χ3v) is 6.42. The first-order chi connectivity index (χ1) is 13.8. The standard InChI is InChI=1S/C23H28F2N2O2/c1-14-13-23(2,3)16-8-6-9-17(20(14)16)26-21(28)18-12-11-15-7-4-5-10-19(15)29-27(18)22(24)25/h4-6,8-10,14-15,18,22H,7,11-13H2,1-3H3,(H,26,28)/t14-,15?,18?/m1/s1. The summed E-state index contributed by atoms with van der Waals surface area (Å²) in [6.45, 7) is 3.66. The molecular weight excluding hydrogens is 374 g/mol. The molecule has 0 aromatic heterocycles. The summed E-state index contributed by atoms with van der Waals surface area (Å²) in [6, 6.07) is 4.85. The van der Waals surface area contributed by atoms with Gasteiger partial charge in [-0.25, -0.2) is 0 Å². The molecule has 6 heteroatoms. The van der Waals surface area contributed by atoms with Crippen molar-refractivity contribution in [2.75, 3.05) is 5.32 Å². The molecule has 0 spiro atoms. The van der Waals surface area contributed by atoms with E-state index in [0.717, 1.165) is 24.1 Å². The van der Waals surface area contributed by atoms with E-state index < -0.39 is 18.5 Å². The van der Waals surface area contributed by atoms with Crippen LogP contribution in [0.1, 0.15) is 63.5 Å². The lowest BCUT2D eigenvalue weighted by Gasteiger charge is -2.28. The lowest BCUT2D eigenvalue weighted by molar-refractivity contribution is -0.247. The van der Waals surface area contributed by atoms with Crippen LogP contribution in [0.3, 0.4) is 0 Å². The monoisotopic (exact) mass is 402 g/mol. The van der Waals surface area contributed by atoms with Gasteiger partial charge in [-0.3, -0.25) is 4.79 Å². The number of hydrogen-bond acceptors (Lipinski definition) is 3. The molecule has 1 aromatic rings. The molecule has 1 heterocycles. The number of amides is 1. The van der Waals surface area contributed by atoms with Crippen molar-refractivity contribution in [3.05, 3.63) is 53.3 Å². The second-order valence-electron chi connectivity index (χ2n) is 9.00. The number of nitrogens with zero attached hydrogens (tertiary/aromatic N) is 1. The van der Waals surface area contributed by atoms with Gasteiger partial charge < -0.3 is 10.2 Å². The van der Waals surface area contributed by atoms with Gasteiger partial charge in [-0.05, 0) is 60.3 Å². The fourth-order valence-electron chi connectivity index (χ4n) is 5.11. The smallest absolute Gasteiger partial charge is 0.325 e. The van der Waals surface area contributed by atoms with E-state index in [2.05, 4.69) is 32.2 Å². The fraction of sp³-hybridized carbons (Fsp3) is 0.522. The highest BCUT2D eigenvalue weighted by Gasteiger charge is 2.40. The van der Waals surface area contributed by atoms with E-state index in [0.29, 0.717) is 29.6 Å². The molecule has 29 heavy (non-hydrogen) atoms. The Morgan fingerprint density at radius 3 is 2.86 bits per heavy atom. The summed E-state index contributed by atoms with van der Waals surface area (Å²) in [6.07, 6.45) is 8.23. The van der Waals surface area contributed by atoms with Crippen molar-refractivity contribution in [1.82, 2.24) is 5.06 Å². The van der Waals surface area contributed by atoms with Gasteiger partial charge >= 0.3 is 6.55 Å². The molecule has 3 atom stereocenters. The van der Waals surface area contributed by atoms with Crippen LogP contribution in [0.15, 0.2) is 42.2 Å². The number of benzene rings is 1. The predicted molar refractivity (Wildman–Crippen MR) is 108 cm³/mol. The zero-order valence-corrected chi connectivity index (χ0v) is 17.1. The highest BCUT2D eigenvalue weighted by molar-refractivity contribution is 5.96. The Labute approximate surface area is 170 Å². The van der Waals surface area contributed by atoms with Gasteiger partial charge in [0.2, 0.25) is 5.91 Å². The third kappa shape index (κ3) is 3.70. The lowest BCUT2D eigenvalue weighted by Crippen LogP contribution is -2.45. The Bertz CT molecular complexity index is 862. The Hall–Kier alpha value is -2.21. The van der Waals surface area contributed by atoms with Gasteiger partial charge in [0.05, 0.1) is 0 Å². The van der Waals surface area contributed by atoms with E-state index in [1.807, 2.05) is 24.3 Å². The molecular formula is C23H28F2N2O2. The summed E-state index contributed by atoms with van der Waals surface area (Å²) in [4.78, 5) is 18.6. The normalized spacial score (nSPS) is 28.2. The Morgan fingerprint density at radius 1 is 1.31 bits per heavy atom. The zero-order valence-electron chi connectivity index (χ0n) is 17.1. The lowest BCUT2D eigenvalue weighted by atomic mass is 9.86. The van der Waals surface area contributed by atoms with Crippen LogP contribution in [0.5, 0.6) is 0 Å². The highest BCUT2D eigenvalue weighted by Crippen LogP contribution is 2.48. The molecule has 2 aliphatic carbocycles. The average Bonchev–Trinajstić information content (AvgIpc) is 2.82. The molecule has 0 saturated carbocycles. The molecule has 156 valence electrons. The summed E-state index contributed by atoms with van der Waals surface area (Å²) in [5, 5.41) is 3.51. The molecule has 0 bridgehead atoms. The number of anilines is 1. The molecule has 2 unspecified atom stereocenters. The molecule has 1 N–H and O–H groups in total. The topological polar surface area (TPSA) is 41.6 Å². The van der Waals surface area contributed by atoms with Gasteiger partial charge in [0.25, 0.3) is 0 Å². The third-order valence-electron chi connectivity index (χ3n) is 6.42. The number of carbonyl (C=O) groups excluding carboxylic acids is 1. The minimum Gasteiger partial charge on any atom is -0.404 e. The van der Waals surface area contributed by atoms with E-state index in [4.69, 9.17) is 4.84 Å². The summed E-state index contributed by atoms with van der Waals surface area (Å²) in [7, 11) is 0. The molecule has 4 nitrogen and oxygen atoms in total. The number of hydrogen-bond donors (Lipinski definition) is 1. The summed E-state index contributed by atoms with van der Waals surface area (Å²) in [5.74, 6) is 0.412. The minimum atomic E-state index is -2.88. The number of allylic oxidation sites excluding steroid dienone is 4. The molecule has 4 rings (SSSR count). The van der Waals surface area contributed by atoms with Gasteiger partial charge in [-0.1, -0.05) is 50.1 Å². The molecule has 0 radical (unpaired) electrons. The van der Waals surface area contributed by atoms with Crippen LogP contribution in [0.25, 0.3) is 0 Å². The maximum atomic E-state index is 13.8. The Morgan fingerprint density at radius 2 is 2.10 bits per heavy atom. The van der Waals surface area contributed by atoms with Crippen LogP contribution in [0.4, 0.5) is 14.5 Å².